The van der Waals surface area contributed by atoms with Crippen LogP contribution in [0.3, 0.4) is 0 Å². The summed E-state index contributed by atoms with van der Waals surface area (Å²) in [7, 11) is 0. The van der Waals surface area contributed by atoms with Gasteiger partial charge in [0.25, 0.3) is 0 Å². The van der Waals surface area contributed by atoms with Crippen molar-refractivity contribution >= 4 is 11.3 Å². The first-order valence-electron chi connectivity index (χ1n) is 6.87. The van der Waals surface area contributed by atoms with E-state index in [4.69, 9.17) is 4.74 Å². The molecule has 1 aliphatic heterocycles. The smallest absolute Gasteiger partial charge is 0.122 e. The second-order valence-corrected chi connectivity index (χ2v) is 5.87. The summed E-state index contributed by atoms with van der Waals surface area (Å²) >= 11 is 1.85. The van der Waals surface area contributed by atoms with Crippen molar-refractivity contribution in [2.75, 3.05) is 6.61 Å². The average Bonchev–Trinajstić information content (AvgIpc) is 3.06. The number of benzene rings is 1. The van der Waals surface area contributed by atoms with E-state index in [0.717, 1.165) is 38.3 Å². The second kappa shape index (κ2) is 5.76. The van der Waals surface area contributed by atoms with E-state index in [1.54, 1.807) is 0 Å². The van der Waals surface area contributed by atoms with Gasteiger partial charge in [0.05, 0.1) is 6.61 Å². The molecule has 0 fully saturated rings. The lowest BCUT2D eigenvalue weighted by atomic mass is 10.1. The van der Waals surface area contributed by atoms with Gasteiger partial charge in [0.1, 0.15) is 5.75 Å². The van der Waals surface area contributed by atoms with Crippen LogP contribution in [0, 0.1) is 0 Å². The summed E-state index contributed by atoms with van der Waals surface area (Å²) in [5.41, 5.74) is 4.17. The van der Waals surface area contributed by atoms with Crippen LogP contribution >= 0.6 is 11.3 Å². The Kier molecular flexibility index (Phi) is 3.85. The number of nitrogens with one attached hydrogen (secondary N) is 1. The average molecular weight is 273 g/mol. The first kappa shape index (κ1) is 12.7. The van der Waals surface area contributed by atoms with Crippen molar-refractivity contribution in [3.05, 3.63) is 51.2 Å². The van der Waals surface area contributed by atoms with Crippen LogP contribution in [-0.4, -0.2) is 6.61 Å². The lowest BCUT2D eigenvalue weighted by molar-refractivity contribution is 0.357. The summed E-state index contributed by atoms with van der Waals surface area (Å²) in [5, 5.41) is 5.72. The Morgan fingerprint density at radius 2 is 2.21 bits per heavy atom. The molecule has 1 aromatic carbocycles. The molecule has 3 rings (SSSR count). The summed E-state index contributed by atoms with van der Waals surface area (Å²) in [6.07, 6.45) is 2.17. The number of aryl methyl sites for hydroxylation is 1. The highest BCUT2D eigenvalue weighted by Gasteiger charge is 2.11. The summed E-state index contributed by atoms with van der Waals surface area (Å²) in [6, 6.07) is 8.76. The molecule has 2 heterocycles. The summed E-state index contributed by atoms with van der Waals surface area (Å²) in [4.78, 5) is 1.46. The van der Waals surface area contributed by atoms with E-state index in [2.05, 4.69) is 41.9 Å². The van der Waals surface area contributed by atoms with Crippen LogP contribution in [-0.2, 0) is 25.9 Å². The fourth-order valence-corrected chi connectivity index (χ4v) is 3.45. The van der Waals surface area contributed by atoms with Gasteiger partial charge in [0, 0.05) is 24.4 Å². The number of thiophene rings is 1. The number of fused-ring (bicyclic) bond motifs is 1. The van der Waals surface area contributed by atoms with Crippen molar-refractivity contribution in [2.45, 2.75) is 32.9 Å². The maximum Gasteiger partial charge on any atom is 0.122 e. The Morgan fingerprint density at radius 3 is 3.11 bits per heavy atom. The highest BCUT2D eigenvalue weighted by Crippen LogP contribution is 2.25. The van der Waals surface area contributed by atoms with Crippen LogP contribution in [0.4, 0.5) is 0 Å². The van der Waals surface area contributed by atoms with Crippen molar-refractivity contribution in [1.82, 2.24) is 5.32 Å². The minimum Gasteiger partial charge on any atom is -0.493 e. The van der Waals surface area contributed by atoms with Crippen LogP contribution in [0.15, 0.2) is 29.6 Å². The number of ether oxygens (including phenoxy) is 1. The van der Waals surface area contributed by atoms with Gasteiger partial charge < -0.3 is 10.1 Å². The lowest BCUT2D eigenvalue weighted by Gasteiger charge is -2.07. The van der Waals surface area contributed by atoms with E-state index in [1.807, 2.05) is 11.3 Å². The molecule has 2 nitrogen and oxygen atoms in total. The van der Waals surface area contributed by atoms with Gasteiger partial charge in [-0.1, -0.05) is 19.1 Å². The van der Waals surface area contributed by atoms with Gasteiger partial charge in [0.15, 0.2) is 0 Å². The second-order valence-electron chi connectivity index (χ2n) is 4.87. The Labute approximate surface area is 118 Å². The minimum atomic E-state index is 0.835. The molecule has 0 bridgehead atoms. The third kappa shape index (κ3) is 2.82. The quantitative estimate of drug-likeness (QED) is 0.899. The van der Waals surface area contributed by atoms with Crippen molar-refractivity contribution < 1.29 is 4.74 Å². The molecule has 0 unspecified atom stereocenters. The standard InChI is InChI=1S/C16H19NOS/c1-2-13-6-8-19-16(13)11-17-10-12-3-4-15-14(9-12)5-7-18-15/h3-4,6,8-9,17H,2,5,7,10-11H2,1H3. The van der Waals surface area contributed by atoms with Crippen molar-refractivity contribution in [1.29, 1.82) is 0 Å². The normalized spacial score (nSPS) is 13.3. The summed E-state index contributed by atoms with van der Waals surface area (Å²) in [6.45, 7) is 4.94. The Hall–Kier alpha value is -1.32. The zero-order chi connectivity index (χ0) is 13.1. The highest BCUT2D eigenvalue weighted by atomic mass is 32.1. The Bertz CT molecular complexity index is 562. The molecule has 0 amide bonds. The molecule has 1 N–H and O–H groups in total. The van der Waals surface area contributed by atoms with Crippen molar-refractivity contribution in [3.63, 3.8) is 0 Å². The van der Waals surface area contributed by atoms with Crippen molar-refractivity contribution in [3.8, 4) is 5.75 Å². The van der Waals surface area contributed by atoms with Gasteiger partial charge in [-0.2, -0.15) is 0 Å². The van der Waals surface area contributed by atoms with Gasteiger partial charge in [-0.25, -0.2) is 0 Å². The number of hydrogen-bond donors (Lipinski definition) is 1. The van der Waals surface area contributed by atoms with Gasteiger partial charge in [-0.15, -0.1) is 11.3 Å². The Balaban J connectivity index is 1.58. The van der Waals surface area contributed by atoms with Gasteiger partial charge in [-0.05, 0) is 40.6 Å². The van der Waals surface area contributed by atoms with Crippen LogP contribution in [0.5, 0.6) is 5.75 Å². The largest absolute Gasteiger partial charge is 0.493 e. The molecule has 100 valence electrons. The van der Waals surface area contributed by atoms with Crippen LogP contribution < -0.4 is 10.1 Å². The molecule has 0 atom stereocenters. The molecule has 0 saturated heterocycles. The fraction of sp³-hybridized carbons (Fsp3) is 0.375. The van der Waals surface area contributed by atoms with Gasteiger partial charge in [0.2, 0.25) is 0 Å². The molecule has 3 heteroatoms. The first-order valence-corrected chi connectivity index (χ1v) is 7.75. The topological polar surface area (TPSA) is 21.3 Å². The van der Waals surface area contributed by atoms with E-state index in [1.165, 1.54) is 21.6 Å². The predicted octanol–water partition coefficient (Wildman–Crippen LogP) is 3.54. The molecule has 2 aromatic rings. The van der Waals surface area contributed by atoms with E-state index in [0.29, 0.717) is 0 Å². The molecular weight excluding hydrogens is 254 g/mol. The minimum absolute atomic E-state index is 0.835. The van der Waals surface area contributed by atoms with Crippen LogP contribution in [0.25, 0.3) is 0 Å². The van der Waals surface area contributed by atoms with Crippen LogP contribution in [0.2, 0.25) is 0 Å². The SMILES string of the molecule is CCc1ccsc1CNCc1ccc2c(c1)CCO2. The molecule has 0 spiro atoms. The van der Waals surface area contributed by atoms with Gasteiger partial charge >= 0.3 is 0 Å². The number of hydrogen-bond acceptors (Lipinski definition) is 3. The molecule has 1 aromatic heterocycles. The molecule has 0 aliphatic carbocycles. The fourth-order valence-electron chi connectivity index (χ4n) is 2.51. The monoisotopic (exact) mass is 273 g/mol. The maximum atomic E-state index is 5.53. The zero-order valence-electron chi connectivity index (χ0n) is 11.2. The number of rotatable bonds is 5. The summed E-state index contributed by atoms with van der Waals surface area (Å²) in [5.74, 6) is 1.07. The van der Waals surface area contributed by atoms with Crippen LogP contribution in [0.1, 0.15) is 28.5 Å². The third-order valence-electron chi connectivity index (χ3n) is 3.59. The molecule has 0 saturated carbocycles. The first-order chi connectivity index (χ1) is 9.36. The van der Waals surface area contributed by atoms with E-state index in [9.17, 15) is 0 Å². The lowest BCUT2D eigenvalue weighted by Crippen LogP contribution is -2.12. The molecular formula is C16H19NOS. The van der Waals surface area contributed by atoms with Crippen molar-refractivity contribution in [2.24, 2.45) is 0 Å². The highest BCUT2D eigenvalue weighted by molar-refractivity contribution is 7.10. The molecule has 1 aliphatic rings. The third-order valence-corrected chi connectivity index (χ3v) is 4.55. The molecule has 19 heavy (non-hydrogen) atoms. The zero-order valence-corrected chi connectivity index (χ0v) is 12.1. The van der Waals surface area contributed by atoms with E-state index >= 15 is 0 Å². The predicted molar refractivity (Wildman–Crippen MR) is 79.9 cm³/mol. The van der Waals surface area contributed by atoms with Gasteiger partial charge in [-0.3, -0.25) is 0 Å². The Morgan fingerprint density at radius 1 is 1.26 bits per heavy atom. The summed E-state index contributed by atoms with van der Waals surface area (Å²) < 4.78 is 5.53. The van der Waals surface area contributed by atoms with E-state index in [-0.39, 0.29) is 0 Å². The van der Waals surface area contributed by atoms with E-state index < -0.39 is 0 Å². The maximum absolute atomic E-state index is 5.53. The molecule has 0 radical (unpaired) electrons.